The lowest BCUT2D eigenvalue weighted by atomic mass is 9.83. The van der Waals surface area contributed by atoms with Crippen molar-refractivity contribution in [2.24, 2.45) is 23.2 Å². The van der Waals surface area contributed by atoms with Crippen LogP contribution in [0.4, 0.5) is 0 Å². The third kappa shape index (κ3) is 2.56. The molecule has 0 saturated heterocycles. The summed E-state index contributed by atoms with van der Waals surface area (Å²) in [6.45, 7) is 6.64. The van der Waals surface area contributed by atoms with Gasteiger partial charge in [-0.1, -0.05) is 26.8 Å². The fourth-order valence-electron chi connectivity index (χ4n) is 3.77. The highest BCUT2D eigenvalue weighted by molar-refractivity contribution is 5.14. The van der Waals surface area contributed by atoms with Crippen molar-refractivity contribution in [3.05, 3.63) is 11.6 Å². The zero-order chi connectivity index (χ0) is 12.8. The molecule has 3 N–H and O–H groups in total. The van der Waals surface area contributed by atoms with Crippen LogP contribution in [0.5, 0.6) is 0 Å². The molecule has 0 radical (unpaired) electrons. The summed E-state index contributed by atoms with van der Waals surface area (Å²) in [7, 11) is 0. The van der Waals surface area contributed by atoms with Crippen molar-refractivity contribution in [2.45, 2.75) is 52.4 Å². The minimum absolute atomic E-state index is 0.299. The van der Waals surface area contributed by atoms with E-state index >= 15 is 0 Å². The second kappa shape index (κ2) is 4.38. The quantitative estimate of drug-likeness (QED) is 0.483. The van der Waals surface area contributed by atoms with E-state index in [4.69, 9.17) is 0 Å². The van der Waals surface area contributed by atoms with Gasteiger partial charge in [0.2, 0.25) is 0 Å². The Morgan fingerprint density at radius 3 is 2.41 bits per heavy atom. The zero-order valence-electron chi connectivity index (χ0n) is 10.9. The SMILES string of the molecule is CC1C=C(C(O)O)CC(O)C2CC(C)(C)CC12. The van der Waals surface area contributed by atoms with Gasteiger partial charge in [0.1, 0.15) is 0 Å². The Morgan fingerprint density at radius 1 is 1.24 bits per heavy atom. The van der Waals surface area contributed by atoms with Crippen molar-refractivity contribution in [1.29, 1.82) is 0 Å². The maximum atomic E-state index is 10.3. The second-order valence-electron chi connectivity index (χ2n) is 6.65. The van der Waals surface area contributed by atoms with E-state index in [1.807, 2.05) is 6.08 Å². The first kappa shape index (κ1) is 13.1. The Hall–Kier alpha value is -0.380. The summed E-state index contributed by atoms with van der Waals surface area (Å²) in [5, 5.41) is 28.8. The van der Waals surface area contributed by atoms with Gasteiger partial charge in [-0.3, -0.25) is 0 Å². The van der Waals surface area contributed by atoms with Crippen molar-refractivity contribution in [2.75, 3.05) is 0 Å². The number of aliphatic hydroxyl groups is 3. The van der Waals surface area contributed by atoms with Gasteiger partial charge in [0.15, 0.2) is 6.29 Å². The number of hydrogen-bond acceptors (Lipinski definition) is 3. The van der Waals surface area contributed by atoms with Crippen LogP contribution in [-0.4, -0.2) is 27.7 Å². The van der Waals surface area contributed by atoms with Gasteiger partial charge < -0.3 is 15.3 Å². The molecule has 4 atom stereocenters. The van der Waals surface area contributed by atoms with Gasteiger partial charge in [-0.2, -0.15) is 0 Å². The molecule has 0 aliphatic heterocycles. The highest BCUT2D eigenvalue weighted by Gasteiger charge is 2.45. The molecule has 0 spiro atoms. The summed E-state index contributed by atoms with van der Waals surface area (Å²) in [6, 6.07) is 0. The van der Waals surface area contributed by atoms with E-state index in [2.05, 4.69) is 20.8 Å². The standard InChI is InChI=1S/C14H24O3/c1-8-4-9(13(16)17)5-12(15)11-7-14(2,3)6-10(8)11/h4,8,10-13,15-17H,5-7H2,1-3H3. The van der Waals surface area contributed by atoms with Crippen LogP contribution in [0.2, 0.25) is 0 Å². The number of hydrogen-bond donors (Lipinski definition) is 3. The minimum atomic E-state index is -1.42. The highest BCUT2D eigenvalue weighted by Crippen LogP contribution is 2.51. The maximum Gasteiger partial charge on any atom is 0.174 e. The zero-order valence-corrected chi connectivity index (χ0v) is 10.9. The van der Waals surface area contributed by atoms with Gasteiger partial charge in [-0.15, -0.1) is 0 Å². The van der Waals surface area contributed by atoms with Crippen LogP contribution >= 0.6 is 0 Å². The van der Waals surface area contributed by atoms with E-state index < -0.39 is 12.4 Å². The number of fused-ring (bicyclic) bond motifs is 1. The van der Waals surface area contributed by atoms with Crippen molar-refractivity contribution in [1.82, 2.24) is 0 Å². The summed E-state index contributed by atoms with van der Waals surface area (Å²) in [4.78, 5) is 0. The van der Waals surface area contributed by atoms with Gasteiger partial charge in [-0.05, 0) is 48.0 Å². The van der Waals surface area contributed by atoms with Gasteiger partial charge in [0, 0.05) is 0 Å². The molecule has 3 heteroatoms. The summed E-state index contributed by atoms with van der Waals surface area (Å²) in [6.07, 6.45) is 2.66. The molecule has 0 aromatic carbocycles. The summed E-state index contributed by atoms with van der Waals surface area (Å²) >= 11 is 0. The van der Waals surface area contributed by atoms with Crippen molar-refractivity contribution < 1.29 is 15.3 Å². The third-order valence-corrected chi connectivity index (χ3v) is 4.55. The average Bonchev–Trinajstić information content (AvgIpc) is 2.48. The first-order valence-electron chi connectivity index (χ1n) is 6.55. The van der Waals surface area contributed by atoms with Crippen LogP contribution in [0.15, 0.2) is 11.6 Å². The molecule has 0 aromatic rings. The molecule has 2 rings (SSSR count). The largest absolute Gasteiger partial charge is 0.392 e. The lowest BCUT2D eigenvalue weighted by Gasteiger charge is -2.24. The summed E-state index contributed by atoms with van der Waals surface area (Å²) in [5.41, 5.74) is 0.880. The molecule has 0 amide bonds. The lowest BCUT2D eigenvalue weighted by Crippen LogP contribution is -2.26. The van der Waals surface area contributed by atoms with E-state index in [0.717, 1.165) is 12.8 Å². The van der Waals surface area contributed by atoms with Crippen molar-refractivity contribution in [3.8, 4) is 0 Å². The van der Waals surface area contributed by atoms with E-state index in [1.165, 1.54) is 0 Å². The molecule has 0 bridgehead atoms. The number of rotatable bonds is 1. The topological polar surface area (TPSA) is 60.7 Å². The molecular weight excluding hydrogens is 216 g/mol. The molecule has 0 aromatic heterocycles. The molecule has 1 saturated carbocycles. The van der Waals surface area contributed by atoms with Crippen molar-refractivity contribution >= 4 is 0 Å². The van der Waals surface area contributed by atoms with Gasteiger partial charge >= 0.3 is 0 Å². The first-order valence-corrected chi connectivity index (χ1v) is 6.55. The Morgan fingerprint density at radius 2 is 1.82 bits per heavy atom. The fraction of sp³-hybridized carbons (Fsp3) is 0.857. The Labute approximate surface area is 103 Å². The normalized spacial score (nSPS) is 41.0. The van der Waals surface area contributed by atoms with Crippen LogP contribution < -0.4 is 0 Å². The predicted octanol–water partition coefficient (Wildman–Crippen LogP) is 1.68. The molecule has 3 nitrogen and oxygen atoms in total. The van der Waals surface area contributed by atoms with E-state index in [9.17, 15) is 15.3 Å². The highest BCUT2D eigenvalue weighted by atomic mass is 16.5. The number of aliphatic hydroxyl groups excluding tert-OH is 2. The Bertz CT molecular complexity index is 319. The molecule has 98 valence electrons. The minimum Gasteiger partial charge on any atom is -0.392 e. The molecule has 17 heavy (non-hydrogen) atoms. The third-order valence-electron chi connectivity index (χ3n) is 4.55. The van der Waals surface area contributed by atoms with Gasteiger partial charge in [0.25, 0.3) is 0 Å². The van der Waals surface area contributed by atoms with E-state index in [-0.39, 0.29) is 0 Å². The van der Waals surface area contributed by atoms with Crippen LogP contribution in [0.3, 0.4) is 0 Å². The molecule has 0 heterocycles. The lowest BCUT2D eigenvalue weighted by molar-refractivity contribution is -0.0171. The maximum absolute atomic E-state index is 10.3. The Balaban J connectivity index is 2.24. The second-order valence-corrected chi connectivity index (χ2v) is 6.65. The predicted molar refractivity (Wildman–Crippen MR) is 66.1 cm³/mol. The molecule has 4 unspecified atom stereocenters. The molecule has 2 aliphatic carbocycles. The van der Waals surface area contributed by atoms with Gasteiger partial charge in [-0.25, -0.2) is 0 Å². The summed E-state index contributed by atoms with van der Waals surface area (Å²) in [5.74, 6) is 1.08. The van der Waals surface area contributed by atoms with Crippen LogP contribution in [0.25, 0.3) is 0 Å². The van der Waals surface area contributed by atoms with Crippen LogP contribution in [-0.2, 0) is 0 Å². The molecule has 1 fully saturated rings. The summed E-state index contributed by atoms with van der Waals surface area (Å²) < 4.78 is 0. The molecule has 2 aliphatic rings. The number of allylic oxidation sites excluding steroid dienone is 1. The van der Waals surface area contributed by atoms with Crippen LogP contribution in [0, 0.1) is 23.2 Å². The van der Waals surface area contributed by atoms with Gasteiger partial charge in [0.05, 0.1) is 6.10 Å². The fourth-order valence-corrected chi connectivity index (χ4v) is 3.77. The first-order chi connectivity index (χ1) is 7.80. The van der Waals surface area contributed by atoms with Crippen LogP contribution in [0.1, 0.15) is 40.0 Å². The smallest absolute Gasteiger partial charge is 0.174 e. The van der Waals surface area contributed by atoms with E-state index in [0.29, 0.717) is 35.2 Å². The van der Waals surface area contributed by atoms with Crippen molar-refractivity contribution in [3.63, 3.8) is 0 Å². The Kier molecular flexibility index (Phi) is 3.36. The average molecular weight is 240 g/mol. The van der Waals surface area contributed by atoms with E-state index in [1.54, 1.807) is 0 Å². The monoisotopic (exact) mass is 240 g/mol. The molecular formula is C14H24O3.